The Bertz CT molecular complexity index is 948. The zero-order chi connectivity index (χ0) is 19.2. The minimum Gasteiger partial charge on any atom is -0.452 e. The second-order valence-electron chi connectivity index (χ2n) is 6.15. The lowest BCUT2D eigenvalue weighted by Crippen LogP contribution is -2.30. The van der Waals surface area contributed by atoms with Crippen LogP contribution in [0, 0.1) is 5.82 Å². The van der Waals surface area contributed by atoms with Crippen LogP contribution < -0.4 is 5.32 Å². The Morgan fingerprint density at radius 1 is 1.11 bits per heavy atom. The molecule has 5 nitrogen and oxygen atoms in total. The maximum atomic E-state index is 12.9. The molecule has 0 unspecified atom stereocenters. The zero-order valence-corrected chi connectivity index (χ0v) is 15.1. The van der Waals surface area contributed by atoms with Crippen LogP contribution in [0.25, 0.3) is 10.9 Å². The van der Waals surface area contributed by atoms with Crippen LogP contribution in [0.4, 0.5) is 4.39 Å². The van der Waals surface area contributed by atoms with Crippen LogP contribution in [0.1, 0.15) is 22.8 Å². The average Bonchev–Trinajstić information content (AvgIpc) is 3.06. The van der Waals surface area contributed by atoms with Gasteiger partial charge < -0.3 is 14.6 Å². The number of nitrogens with one attached hydrogen (secondary N) is 1. The fourth-order valence-corrected chi connectivity index (χ4v) is 2.93. The lowest BCUT2D eigenvalue weighted by molar-refractivity contribution is -0.124. The molecular formula is C21H21FN2O3. The van der Waals surface area contributed by atoms with Gasteiger partial charge in [0.2, 0.25) is 0 Å². The first-order chi connectivity index (χ1) is 13.1. The number of hydrogen-bond donors (Lipinski definition) is 1. The molecule has 0 aliphatic rings. The number of aromatic nitrogens is 1. The largest absolute Gasteiger partial charge is 0.452 e. The normalized spacial score (nSPS) is 10.7. The van der Waals surface area contributed by atoms with Crippen molar-refractivity contribution in [3.05, 3.63) is 71.7 Å². The average molecular weight is 368 g/mol. The van der Waals surface area contributed by atoms with Crippen molar-refractivity contribution in [3.63, 3.8) is 0 Å². The van der Waals surface area contributed by atoms with Crippen LogP contribution in [0.5, 0.6) is 0 Å². The number of para-hydroxylation sites is 1. The van der Waals surface area contributed by atoms with Crippen molar-refractivity contribution in [1.82, 2.24) is 9.88 Å². The molecule has 1 N–H and O–H groups in total. The second-order valence-corrected chi connectivity index (χ2v) is 6.15. The van der Waals surface area contributed by atoms with Crippen molar-refractivity contribution in [2.45, 2.75) is 19.9 Å². The molecule has 0 atom stereocenters. The summed E-state index contributed by atoms with van der Waals surface area (Å²) in [6.45, 7) is 2.78. The van der Waals surface area contributed by atoms with Crippen molar-refractivity contribution < 1.29 is 18.7 Å². The van der Waals surface area contributed by atoms with Crippen LogP contribution in [0.2, 0.25) is 0 Å². The molecule has 0 saturated heterocycles. The van der Waals surface area contributed by atoms with Crippen molar-refractivity contribution in [3.8, 4) is 0 Å². The van der Waals surface area contributed by atoms with E-state index in [0.29, 0.717) is 18.5 Å². The number of amides is 1. The summed E-state index contributed by atoms with van der Waals surface area (Å²) < 4.78 is 20.0. The highest BCUT2D eigenvalue weighted by Crippen LogP contribution is 2.22. The van der Waals surface area contributed by atoms with E-state index in [1.54, 1.807) is 18.3 Å². The van der Waals surface area contributed by atoms with Crippen LogP contribution in [-0.4, -0.2) is 29.6 Å². The zero-order valence-electron chi connectivity index (χ0n) is 15.1. The summed E-state index contributed by atoms with van der Waals surface area (Å²) in [5.41, 5.74) is 2.32. The SMILES string of the molecule is CCn1cc(C(=O)OCC(=O)NCCc2ccc(F)cc2)c2ccccc21. The second kappa shape index (κ2) is 8.49. The molecule has 0 fully saturated rings. The highest BCUT2D eigenvalue weighted by atomic mass is 19.1. The van der Waals surface area contributed by atoms with Gasteiger partial charge in [-0.2, -0.15) is 0 Å². The van der Waals surface area contributed by atoms with Crippen LogP contribution in [-0.2, 0) is 22.5 Å². The van der Waals surface area contributed by atoms with Crippen LogP contribution in [0.15, 0.2) is 54.7 Å². The number of carbonyl (C=O) groups is 2. The van der Waals surface area contributed by atoms with Gasteiger partial charge in [-0.05, 0) is 37.1 Å². The Balaban J connectivity index is 1.51. The summed E-state index contributed by atoms with van der Waals surface area (Å²) in [4.78, 5) is 24.3. The predicted octanol–water partition coefficient (Wildman–Crippen LogP) is 3.32. The highest BCUT2D eigenvalue weighted by Gasteiger charge is 2.16. The van der Waals surface area contributed by atoms with Crippen molar-refractivity contribution in [1.29, 1.82) is 0 Å². The van der Waals surface area contributed by atoms with Gasteiger partial charge in [-0.1, -0.05) is 30.3 Å². The first kappa shape index (κ1) is 18.6. The van der Waals surface area contributed by atoms with E-state index in [9.17, 15) is 14.0 Å². The Morgan fingerprint density at radius 3 is 2.59 bits per heavy atom. The van der Waals surface area contributed by atoms with E-state index in [2.05, 4.69) is 5.32 Å². The molecule has 1 amide bonds. The molecule has 0 saturated carbocycles. The standard InChI is InChI=1S/C21H21FN2O3/c1-2-24-13-18(17-5-3-4-6-19(17)24)21(26)27-14-20(25)23-12-11-15-7-9-16(22)10-8-15/h3-10,13H,2,11-12,14H2,1H3,(H,23,25). The monoisotopic (exact) mass is 368 g/mol. The number of aryl methyl sites for hydroxylation is 1. The third-order valence-corrected chi connectivity index (χ3v) is 4.33. The smallest absolute Gasteiger partial charge is 0.340 e. The summed E-state index contributed by atoms with van der Waals surface area (Å²) in [5, 5.41) is 3.50. The molecule has 1 heterocycles. The number of nitrogens with zero attached hydrogens (tertiary/aromatic N) is 1. The summed E-state index contributed by atoms with van der Waals surface area (Å²) in [6.07, 6.45) is 2.32. The molecule has 27 heavy (non-hydrogen) atoms. The fraction of sp³-hybridized carbons (Fsp3) is 0.238. The molecule has 3 rings (SSSR count). The quantitative estimate of drug-likeness (QED) is 0.651. The van der Waals surface area contributed by atoms with E-state index in [1.165, 1.54) is 12.1 Å². The van der Waals surface area contributed by atoms with Crippen molar-refractivity contribution in [2.75, 3.05) is 13.2 Å². The third kappa shape index (κ3) is 4.53. The third-order valence-electron chi connectivity index (χ3n) is 4.33. The van der Waals surface area contributed by atoms with Gasteiger partial charge in [0, 0.05) is 30.2 Å². The van der Waals surface area contributed by atoms with Gasteiger partial charge in [0.25, 0.3) is 5.91 Å². The molecule has 0 radical (unpaired) electrons. The van der Waals surface area contributed by atoms with Gasteiger partial charge in [0.15, 0.2) is 6.61 Å². The van der Waals surface area contributed by atoms with E-state index in [-0.39, 0.29) is 18.3 Å². The highest BCUT2D eigenvalue weighted by molar-refractivity contribution is 6.04. The van der Waals surface area contributed by atoms with Crippen LogP contribution >= 0.6 is 0 Å². The number of esters is 1. The molecule has 0 aliphatic carbocycles. The van der Waals surface area contributed by atoms with Gasteiger partial charge in [-0.3, -0.25) is 4.79 Å². The number of rotatable bonds is 7. The van der Waals surface area contributed by atoms with Gasteiger partial charge in [0.05, 0.1) is 5.56 Å². The Hall–Kier alpha value is -3.15. The summed E-state index contributed by atoms with van der Waals surface area (Å²) in [6, 6.07) is 13.7. The van der Waals surface area contributed by atoms with Crippen molar-refractivity contribution in [2.24, 2.45) is 0 Å². The fourth-order valence-electron chi connectivity index (χ4n) is 2.93. The number of ether oxygens (including phenoxy) is 1. The van der Waals surface area contributed by atoms with E-state index in [1.807, 2.05) is 35.8 Å². The molecular weight excluding hydrogens is 347 g/mol. The molecule has 2 aromatic carbocycles. The first-order valence-corrected chi connectivity index (χ1v) is 8.84. The summed E-state index contributed by atoms with van der Waals surface area (Å²) in [5.74, 6) is -1.18. The maximum Gasteiger partial charge on any atom is 0.340 e. The number of hydrogen-bond acceptors (Lipinski definition) is 3. The van der Waals surface area contributed by atoms with Gasteiger partial charge in [-0.15, -0.1) is 0 Å². The molecule has 140 valence electrons. The lowest BCUT2D eigenvalue weighted by atomic mass is 10.1. The topological polar surface area (TPSA) is 60.3 Å². The predicted molar refractivity (Wildman–Crippen MR) is 101 cm³/mol. The minimum absolute atomic E-state index is 0.292. The van der Waals surface area contributed by atoms with Crippen molar-refractivity contribution >= 4 is 22.8 Å². The number of benzene rings is 2. The molecule has 0 spiro atoms. The molecule has 3 aromatic rings. The first-order valence-electron chi connectivity index (χ1n) is 8.84. The van der Waals surface area contributed by atoms with Crippen LogP contribution in [0.3, 0.4) is 0 Å². The van der Waals surface area contributed by atoms with Gasteiger partial charge in [0.1, 0.15) is 5.82 Å². The summed E-state index contributed by atoms with van der Waals surface area (Å²) in [7, 11) is 0. The summed E-state index contributed by atoms with van der Waals surface area (Å²) >= 11 is 0. The van der Waals surface area contributed by atoms with Gasteiger partial charge in [-0.25, -0.2) is 9.18 Å². The van der Waals surface area contributed by atoms with E-state index in [4.69, 9.17) is 4.74 Å². The number of fused-ring (bicyclic) bond motifs is 1. The number of halogens is 1. The number of carbonyl (C=O) groups excluding carboxylic acids is 2. The molecule has 1 aromatic heterocycles. The lowest BCUT2D eigenvalue weighted by Gasteiger charge is -2.06. The minimum atomic E-state index is -0.521. The van der Waals surface area contributed by atoms with Gasteiger partial charge >= 0.3 is 5.97 Å². The Kier molecular flexibility index (Phi) is 5.86. The molecule has 0 bridgehead atoms. The van der Waals surface area contributed by atoms with E-state index in [0.717, 1.165) is 23.0 Å². The molecule has 0 aliphatic heterocycles. The Labute approximate surface area is 156 Å². The van der Waals surface area contributed by atoms with E-state index < -0.39 is 5.97 Å². The maximum absolute atomic E-state index is 12.9. The molecule has 6 heteroatoms. The van der Waals surface area contributed by atoms with E-state index >= 15 is 0 Å². The Morgan fingerprint density at radius 2 is 1.85 bits per heavy atom.